The minimum Gasteiger partial charge on any atom is -0.478 e. The first-order valence-electron chi connectivity index (χ1n) is 7.71. The van der Waals surface area contributed by atoms with Crippen LogP contribution in [0.2, 0.25) is 0 Å². The quantitative estimate of drug-likeness (QED) is 0.632. The maximum absolute atomic E-state index is 5.49. The Bertz CT molecular complexity index is 355. The van der Waals surface area contributed by atoms with Crippen molar-refractivity contribution in [3.8, 4) is 5.88 Å². The summed E-state index contributed by atoms with van der Waals surface area (Å²) in [5, 5.41) is 3.32. The lowest BCUT2D eigenvalue weighted by atomic mass is 10.3. The Morgan fingerprint density at radius 3 is 2.65 bits per heavy atom. The minimum absolute atomic E-state index is 0.646. The first-order chi connectivity index (χ1) is 9.80. The van der Waals surface area contributed by atoms with Crippen molar-refractivity contribution in [2.24, 2.45) is 0 Å². The molecule has 0 bridgehead atoms. The number of nitrogens with zero attached hydrogens (tertiary/aromatic N) is 3. The van der Waals surface area contributed by atoms with Crippen LogP contribution in [0.25, 0.3) is 0 Å². The Labute approximate surface area is 122 Å². The summed E-state index contributed by atoms with van der Waals surface area (Å²) in [7, 11) is 0. The summed E-state index contributed by atoms with van der Waals surface area (Å²) >= 11 is 0. The molecule has 5 heteroatoms. The largest absolute Gasteiger partial charge is 0.478 e. The molecular formula is C15H28N4O. The lowest BCUT2D eigenvalue weighted by Crippen LogP contribution is -2.24. The van der Waals surface area contributed by atoms with Crippen molar-refractivity contribution in [2.45, 2.75) is 40.0 Å². The Morgan fingerprint density at radius 2 is 1.95 bits per heavy atom. The van der Waals surface area contributed by atoms with Gasteiger partial charge in [-0.3, -0.25) is 0 Å². The normalized spacial score (nSPS) is 10.8. The van der Waals surface area contributed by atoms with Crippen molar-refractivity contribution < 1.29 is 4.74 Å². The van der Waals surface area contributed by atoms with E-state index in [0.717, 1.165) is 38.3 Å². The average molecular weight is 280 g/mol. The van der Waals surface area contributed by atoms with Gasteiger partial charge in [0.1, 0.15) is 12.1 Å². The van der Waals surface area contributed by atoms with Crippen LogP contribution in [0, 0.1) is 0 Å². The molecule has 1 rings (SSSR count). The molecule has 20 heavy (non-hydrogen) atoms. The third kappa shape index (κ3) is 6.70. The van der Waals surface area contributed by atoms with E-state index >= 15 is 0 Å². The smallest absolute Gasteiger partial charge is 0.218 e. The van der Waals surface area contributed by atoms with Gasteiger partial charge >= 0.3 is 0 Å². The van der Waals surface area contributed by atoms with E-state index in [0.29, 0.717) is 12.5 Å². The van der Waals surface area contributed by atoms with Gasteiger partial charge in [-0.1, -0.05) is 20.8 Å². The molecule has 0 fully saturated rings. The van der Waals surface area contributed by atoms with E-state index in [1.165, 1.54) is 13.0 Å². The predicted molar refractivity (Wildman–Crippen MR) is 83.3 cm³/mol. The average Bonchev–Trinajstić information content (AvgIpc) is 2.49. The molecule has 0 amide bonds. The highest BCUT2D eigenvalue weighted by Crippen LogP contribution is 2.11. The van der Waals surface area contributed by atoms with Crippen LogP contribution in [0.1, 0.15) is 40.0 Å². The predicted octanol–water partition coefficient (Wildman–Crippen LogP) is 2.80. The Morgan fingerprint density at radius 1 is 1.15 bits per heavy atom. The van der Waals surface area contributed by atoms with Gasteiger partial charge in [0, 0.05) is 12.6 Å². The number of hydrogen-bond acceptors (Lipinski definition) is 5. The van der Waals surface area contributed by atoms with Gasteiger partial charge in [0.05, 0.1) is 6.61 Å². The van der Waals surface area contributed by atoms with Crippen molar-refractivity contribution in [3.63, 3.8) is 0 Å². The molecule has 0 radical (unpaired) electrons. The van der Waals surface area contributed by atoms with Gasteiger partial charge in [0.2, 0.25) is 5.88 Å². The third-order valence-electron chi connectivity index (χ3n) is 3.20. The number of anilines is 1. The molecule has 0 atom stereocenters. The maximum Gasteiger partial charge on any atom is 0.218 e. The van der Waals surface area contributed by atoms with Crippen LogP contribution in [0.5, 0.6) is 5.88 Å². The van der Waals surface area contributed by atoms with Crippen molar-refractivity contribution in [3.05, 3.63) is 12.4 Å². The van der Waals surface area contributed by atoms with Crippen molar-refractivity contribution >= 4 is 5.82 Å². The molecule has 0 aromatic carbocycles. The van der Waals surface area contributed by atoms with Crippen LogP contribution in [0.3, 0.4) is 0 Å². The number of nitrogens with one attached hydrogen (secondary N) is 1. The molecule has 1 aromatic heterocycles. The topological polar surface area (TPSA) is 50.3 Å². The van der Waals surface area contributed by atoms with Crippen molar-refractivity contribution in [1.82, 2.24) is 14.9 Å². The van der Waals surface area contributed by atoms with Gasteiger partial charge in [-0.25, -0.2) is 9.97 Å². The molecule has 0 spiro atoms. The van der Waals surface area contributed by atoms with Crippen LogP contribution in [-0.4, -0.2) is 47.7 Å². The summed E-state index contributed by atoms with van der Waals surface area (Å²) in [6.45, 7) is 11.6. The summed E-state index contributed by atoms with van der Waals surface area (Å²) in [6, 6.07) is 1.86. The lowest BCUT2D eigenvalue weighted by molar-refractivity contribution is 0.298. The fourth-order valence-corrected chi connectivity index (χ4v) is 1.94. The van der Waals surface area contributed by atoms with Gasteiger partial charge in [-0.15, -0.1) is 0 Å². The van der Waals surface area contributed by atoms with Crippen LogP contribution < -0.4 is 10.1 Å². The number of aromatic nitrogens is 2. The molecule has 0 aliphatic carbocycles. The molecule has 114 valence electrons. The molecule has 0 aliphatic rings. The highest BCUT2D eigenvalue weighted by Gasteiger charge is 2.00. The summed E-state index contributed by atoms with van der Waals surface area (Å²) in [5.74, 6) is 1.49. The second kappa shape index (κ2) is 10.4. The monoisotopic (exact) mass is 280 g/mol. The van der Waals surface area contributed by atoms with Crippen molar-refractivity contribution in [1.29, 1.82) is 0 Å². The highest BCUT2D eigenvalue weighted by molar-refractivity contribution is 5.36. The molecule has 0 saturated heterocycles. The molecule has 1 N–H and O–H groups in total. The van der Waals surface area contributed by atoms with E-state index < -0.39 is 0 Å². The SMILES string of the molecule is CCCOc1cc(NCCCCN(CC)CC)ncn1. The summed E-state index contributed by atoms with van der Waals surface area (Å²) in [6.07, 6.45) is 4.88. The fourth-order valence-electron chi connectivity index (χ4n) is 1.94. The van der Waals surface area contributed by atoms with E-state index in [2.05, 4.69) is 41.0 Å². The number of ether oxygens (including phenoxy) is 1. The highest BCUT2D eigenvalue weighted by atomic mass is 16.5. The summed E-state index contributed by atoms with van der Waals surface area (Å²) < 4.78 is 5.49. The van der Waals surface area contributed by atoms with Crippen LogP contribution in [0.15, 0.2) is 12.4 Å². The molecule has 5 nitrogen and oxygen atoms in total. The number of unbranched alkanes of at least 4 members (excludes halogenated alkanes) is 1. The Balaban J connectivity index is 2.21. The molecule has 0 unspecified atom stereocenters. The Hall–Kier alpha value is -1.36. The maximum atomic E-state index is 5.49. The minimum atomic E-state index is 0.646. The molecule has 1 heterocycles. The van der Waals surface area contributed by atoms with Gasteiger partial charge in [0.25, 0.3) is 0 Å². The van der Waals surface area contributed by atoms with Gasteiger partial charge < -0.3 is 15.0 Å². The van der Waals surface area contributed by atoms with E-state index in [1.54, 1.807) is 6.33 Å². The van der Waals surface area contributed by atoms with Crippen LogP contribution in [0.4, 0.5) is 5.82 Å². The second-order valence-corrected chi connectivity index (χ2v) is 4.75. The van der Waals surface area contributed by atoms with E-state index in [4.69, 9.17) is 4.74 Å². The lowest BCUT2D eigenvalue weighted by Gasteiger charge is -2.17. The first kappa shape index (κ1) is 16.7. The molecule has 1 aromatic rings. The second-order valence-electron chi connectivity index (χ2n) is 4.75. The van der Waals surface area contributed by atoms with Gasteiger partial charge in [-0.2, -0.15) is 0 Å². The summed E-state index contributed by atoms with van der Waals surface area (Å²) in [4.78, 5) is 10.7. The van der Waals surface area contributed by atoms with E-state index in [-0.39, 0.29) is 0 Å². The fraction of sp³-hybridized carbons (Fsp3) is 0.733. The molecule has 0 aliphatic heterocycles. The Kier molecular flexibility index (Phi) is 8.71. The van der Waals surface area contributed by atoms with Crippen molar-refractivity contribution in [2.75, 3.05) is 38.1 Å². The standard InChI is InChI=1S/C15H28N4O/c1-4-11-20-15-12-14(17-13-18-15)16-9-7-8-10-19(5-2)6-3/h12-13H,4-11H2,1-3H3,(H,16,17,18). The van der Waals surface area contributed by atoms with E-state index in [1.807, 2.05) is 6.07 Å². The zero-order valence-corrected chi connectivity index (χ0v) is 13.1. The zero-order valence-electron chi connectivity index (χ0n) is 13.1. The van der Waals surface area contributed by atoms with E-state index in [9.17, 15) is 0 Å². The molecular weight excluding hydrogens is 252 g/mol. The third-order valence-corrected chi connectivity index (χ3v) is 3.20. The zero-order chi connectivity index (χ0) is 14.6. The van der Waals surface area contributed by atoms with Crippen LogP contribution >= 0.6 is 0 Å². The van der Waals surface area contributed by atoms with Gasteiger partial charge in [0.15, 0.2) is 0 Å². The number of rotatable bonds is 11. The first-order valence-corrected chi connectivity index (χ1v) is 7.71. The number of hydrogen-bond donors (Lipinski definition) is 1. The van der Waals surface area contributed by atoms with Gasteiger partial charge in [-0.05, 0) is 38.9 Å². The molecule has 0 saturated carbocycles. The summed E-state index contributed by atoms with van der Waals surface area (Å²) in [5.41, 5.74) is 0. The van der Waals surface area contributed by atoms with Crippen LogP contribution in [-0.2, 0) is 0 Å².